The average Bonchev–Trinajstić information content (AvgIpc) is 2.78. The van der Waals surface area contributed by atoms with Crippen LogP contribution in [0.25, 0.3) is 10.9 Å². The molecule has 3 aromatic heterocycles. The third-order valence-electron chi connectivity index (χ3n) is 4.61. The fraction of sp³-hybridized carbons (Fsp3) is 0.136. The summed E-state index contributed by atoms with van der Waals surface area (Å²) in [5.41, 5.74) is 3.14. The van der Waals surface area contributed by atoms with Crippen LogP contribution >= 0.6 is 0 Å². The van der Waals surface area contributed by atoms with Crippen LogP contribution in [0.4, 0.5) is 11.5 Å². The van der Waals surface area contributed by atoms with Crippen molar-refractivity contribution in [2.75, 3.05) is 18.9 Å². The summed E-state index contributed by atoms with van der Waals surface area (Å²) in [5.74, 6) is 0.393. The van der Waals surface area contributed by atoms with Gasteiger partial charge in [0.2, 0.25) is 0 Å². The van der Waals surface area contributed by atoms with E-state index in [-0.39, 0.29) is 5.91 Å². The molecule has 3 heterocycles. The molecule has 4 aromatic rings. The fourth-order valence-electron chi connectivity index (χ4n) is 3.03. The number of amides is 1. The van der Waals surface area contributed by atoms with Crippen LogP contribution < -0.4 is 5.32 Å². The van der Waals surface area contributed by atoms with Gasteiger partial charge in [0.25, 0.3) is 5.91 Å². The van der Waals surface area contributed by atoms with E-state index in [2.05, 4.69) is 25.3 Å². The van der Waals surface area contributed by atoms with Gasteiger partial charge in [-0.3, -0.25) is 14.8 Å². The van der Waals surface area contributed by atoms with Gasteiger partial charge >= 0.3 is 0 Å². The molecule has 7 nitrogen and oxygen atoms in total. The molecule has 0 atom stereocenters. The highest BCUT2D eigenvalue weighted by atomic mass is 16.2. The summed E-state index contributed by atoms with van der Waals surface area (Å²) in [6.07, 6.45) is 7.40. The highest BCUT2D eigenvalue weighted by Gasteiger charge is 2.14. The van der Waals surface area contributed by atoms with Crippen molar-refractivity contribution in [2.24, 2.45) is 0 Å². The molecule has 0 aliphatic rings. The maximum atomic E-state index is 12.8. The number of aromatic nitrogens is 4. The third kappa shape index (κ3) is 4.35. The summed E-state index contributed by atoms with van der Waals surface area (Å²) in [7, 11) is 1.77. The summed E-state index contributed by atoms with van der Waals surface area (Å²) < 4.78 is 0. The Hall–Kier alpha value is -3.87. The van der Waals surface area contributed by atoms with Crippen molar-refractivity contribution < 1.29 is 4.79 Å². The minimum atomic E-state index is -0.152. The van der Waals surface area contributed by atoms with Crippen molar-refractivity contribution in [3.63, 3.8) is 0 Å². The number of rotatable bonds is 6. The fourth-order valence-corrected chi connectivity index (χ4v) is 3.03. The first-order valence-electron chi connectivity index (χ1n) is 9.28. The van der Waals surface area contributed by atoms with Gasteiger partial charge in [-0.1, -0.05) is 18.2 Å². The maximum absolute atomic E-state index is 12.8. The molecule has 0 fully saturated rings. The van der Waals surface area contributed by atoms with Crippen LogP contribution in [0, 0.1) is 0 Å². The average molecular weight is 384 g/mol. The molecule has 0 radical (unpaired) electrons. The molecule has 0 aliphatic carbocycles. The van der Waals surface area contributed by atoms with Crippen LogP contribution in [0.1, 0.15) is 16.1 Å². The number of fused-ring (bicyclic) bond motifs is 1. The monoisotopic (exact) mass is 384 g/mol. The Labute approximate surface area is 168 Å². The topological polar surface area (TPSA) is 83.9 Å². The number of anilines is 2. The molecule has 0 bridgehead atoms. The van der Waals surface area contributed by atoms with Crippen molar-refractivity contribution in [3.05, 3.63) is 84.7 Å². The highest BCUT2D eigenvalue weighted by Crippen LogP contribution is 2.23. The first kappa shape index (κ1) is 18.5. The molecule has 7 heteroatoms. The number of para-hydroxylation sites is 1. The minimum Gasteiger partial charge on any atom is -0.340 e. The lowest BCUT2D eigenvalue weighted by molar-refractivity contribution is 0.0790. The van der Waals surface area contributed by atoms with E-state index in [4.69, 9.17) is 0 Å². The van der Waals surface area contributed by atoms with Crippen molar-refractivity contribution in [3.8, 4) is 0 Å². The van der Waals surface area contributed by atoms with Crippen molar-refractivity contribution in [1.29, 1.82) is 0 Å². The Kier molecular flexibility index (Phi) is 5.38. The van der Waals surface area contributed by atoms with Crippen LogP contribution in [0.3, 0.4) is 0 Å². The van der Waals surface area contributed by atoms with Crippen molar-refractivity contribution in [1.82, 2.24) is 24.8 Å². The molecule has 0 aliphatic heterocycles. The first-order chi connectivity index (χ1) is 14.2. The van der Waals surface area contributed by atoms with E-state index in [0.717, 1.165) is 28.6 Å². The summed E-state index contributed by atoms with van der Waals surface area (Å²) in [5, 5.41) is 4.27. The number of nitrogens with one attached hydrogen (secondary N) is 1. The molecule has 0 spiro atoms. The molecule has 1 aromatic carbocycles. The molecular formula is C22H20N6O. The van der Waals surface area contributed by atoms with Crippen LogP contribution in [0.5, 0.6) is 0 Å². The Bertz CT molecular complexity index is 1130. The van der Waals surface area contributed by atoms with Gasteiger partial charge in [-0.15, -0.1) is 0 Å². The summed E-state index contributed by atoms with van der Waals surface area (Å²) in [6.45, 7) is 0.586. The quantitative estimate of drug-likeness (QED) is 0.548. The van der Waals surface area contributed by atoms with E-state index in [1.54, 1.807) is 36.6 Å². The van der Waals surface area contributed by atoms with Crippen LogP contribution in [0.15, 0.2) is 73.4 Å². The number of hydrogen-bond acceptors (Lipinski definition) is 6. The van der Waals surface area contributed by atoms with Gasteiger partial charge in [-0.2, -0.15) is 0 Å². The predicted molar refractivity (Wildman–Crippen MR) is 112 cm³/mol. The van der Waals surface area contributed by atoms with Crippen LogP contribution in [-0.4, -0.2) is 44.3 Å². The Morgan fingerprint density at radius 1 is 1.00 bits per heavy atom. The zero-order chi connectivity index (χ0) is 20.1. The summed E-state index contributed by atoms with van der Waals surface area (Å²) in [4.78, 5) is 31.3. The molecule has 144 valence electrons. The number of hydrogen-bond donors (Lipinski definition) is 1. The van der Waals surface area contributed by atoms with E-state index >= 15 is 0 Å². The Balaban J connectivity index is 1.48. The van der Waals surface area contributed by atoms with E-state index in [0.29, 0.717) is 18.1 Å². The van der Waals surface area contributed by atoms with E-state index in [1.807, 2.05) is 42.5 Å². The third-order valence-corrected chi connectivity index (χ3v) is 4.61. The molecule has 4 rings (SSSR count). The maximum Gasteiger partial charge on any atom is 0.272 e. The van der Waals surface area contributed by atoms with Gasteiger partial charge in [-0.05, 0) is 36.2 Å². The largest absolute Gasteiger partial charge is 0.340 e. The van der Waals surface area contributed by atoms with Gasteiger partial charge in [-0.25, -0.2) is 9.97 Å². The van der Waals surface area contributed by atoms with Crippen LogP contribution in [0.2, 0.25) is 0 Å². The lowest BCUT2D eigenvalue weighted by Crippen LogP contribution is -2.29. The normalized spacial score (nSPS) is 10.7. The smallest absolute Gasteiger partial charge is 0.272 e. The zero-order valence-electron chi connectivity index (χ0n) is 16.0. The molecule has 1 N–H and O–H groups in total. The SMILES string of the molecule is CN(CCc1ccncc1)C(=O)c1cc(Nc2cccc3cccnc23)ncn1. The molecule has 29 heavy (non-hydrogen) atoms. The summed E-state index contributed by atoms with van der Waals surface area (Å²) >= 11 is 0. The molecule has 0 saturated heterocycles. The predicted octanol–water partition coefficient (Wildman–Crippen LogP) is 3.48. The number of likely N-dealkylation sites (N-methyl/N-ethyl adjacent to an activating group) is 1. The highest BCUT2D eigenvalue weighted by molar-refractivity contribution is 5.94. The second-order valence-electron chi connectivity index (χ2n) is 6.63. The first-order valence-corrected chi connectivity index (χ1v) is 9.28. The lowest BCUT2D eigenvalue weighted by atomic mass is 10.2. The van der Waals surface area contributed by atoms with Gasteiger partial charge < -0.3 is 10.2 Å². The molecular weight excluding hydrogens is 364 g/mol. The number of benzene rings is 1. The lowest BCUT2D eigenvalue weighted by Gasteiger charge is -2.17. The van der Waals surface area contributed by atoms with Crippen LogP contribution in [-0.2, 0) is 6.42 Å². The standard InChI is InChI=1S/C22H20N6O/c1-28(13-9-16-7-11-23-12-8-16)22(29)19-14-20(26-15-25-19)27-18-6-2-4-17-5-3-10-24-21(17)18/h2-8,10-12,14-15H,9,13H2,1H3,(H,25,26,27). The van der Waals surface area contributed by atoms with E-state index in [9.17, 15) is 4.79 Å². The minimum absolute atomic E-state index is 0.152. The van der Waals surface area contributed by atoms with Gasteiger partial charge in [0.05, 0.1) is 11.2 Å². The van der Waals surface area contributed by atoms with Gasteiger partial charge in [0, 0.05) is 43.6 Å². The Morgan fingerprint density at radius 3 is 2.69 bits per heavy atom. The van der Waals surface area contributed by atoms with E-state index < -0.39 is 0 Å². The van der Waals surface area contributed by atoms with Crippen molar-refractivity contribution in [2.45, 2.75) is 6.42 Å². The second kappa shape index (κ2) is 8.43. The number of carbonyl (C=O) groups is 1. The molecule has 0 saturated carbocycles. The second-order valence-corrected chi connectivity index (χ2v) is 6.63. The molecule has 1 amide bonds. The van der Waals surface area contributed by atoms with E-state index in [1.165, 1.54) is 6.33 Å². The van der Waals surface area contributed by atoms with Gasteiger partial charge in [0.1, 0.15) is 17.8 Å². The number of carbonyl (C=O) groups excluding carboxylic acids is 1. The van der Waals surface area contributed by atoms with Gasteiger partial charge in [0.15, 0.2) is 0 Å². The number of nitrogens with zero attached hydrogens (tertiary/aromatic N) is 5. The van der Waals surface area contributed by atoms with Crippen molar-refractivity contribution >= 4 is 28.3 Å². The molecule has 0 unspecified atom stereocenters. The number of pyridine rings is 2. The summed E-state index contributed by atoms with van der Waals surface area (Å²) in [6, 6.07) is 15.3. The zero-order valence-corrected chi connectivity index (χ0v) is 16.0. The Morgan fingerprint density at radius 2 is 1.83 bits per heavy atom.